The lowest BCUT2D eigenvalue weighted by molar-refractivity contribution is -0.119. The zero-order valence-electron chi connectivity index (χ0n) is 12.2. The van der Waals surface area contributed by atoms with Gasteiger partial charge in [0.05, 0.1) is 12.8 Å². The number of anilines is 1. The van der Waals surface area contributed by atoms with E-state index in [-0.39, 0.29) is 12.5 Å². The molecule has 23 heavy (non-hydrogen) atoms. The molecule has 2 N–H and O–H groups in total. The molecule has 0 aliphatic heterocycles. The summed E-state index contributed by atoms with van der Waals surface area (Å²) in [6.07, 6.45) is 1.61. The van der Waals surface area contributed by atoms with E-state index in [1.54, 1.807) is 6.21 Å². The van der Waals surface area contributed by atoms with E-state index in [1.165, 1.54) is 0 Å². The van der Waals surface area contributed by atoms with Crippen LogP contribution in [0.1, 0.15) is 11.1 Å². The van der Waals surface area contributed by atoms with Crippen molar-refractivity contribution in [3.8, 4) is 0 Å². The van der Waals surface area contributed by atoms with Crippen LogP contribution in [0, 0.1) is 10.5 Å². The van der Waals surface area contributed by atoms with E-state index in [4.69, 9.17) is 0 Å². The van der Waals surface area contributed by atoms with Crippen LogP contribution in [-0.2, 0) is 4.79 Å². The quantitative estimate of drug-likeness (QED) is 0.322. The number of hydrogen-bond acceptors (Lipinski definition) is 3. The molecule has 7 heteroatoms. The van der Waals surface area contributed by atoms with Gasteiger partial charge >= 0.3 is 0 Å². The molecule has 0 spiro atoms. The Labute approximate surface area is 165 Å². The summed E-state index contributed by atoms with van der Waals surface area (Å²) in [5.74, 6) is -0.204. The SMILES string of the molecule is Cc1c(Br)cc(/C=N\NC(=O)CNc2ccc(I)cc2)cc1Br. The number of halogens is 3. The van der Waals surface area contributed by atoms with Crippen LogP contribution in [-0.4, -0.2) is 18.7 Å². The minimum absolute atomic E-state index is 0.166. The van der Waals surface area contributed by atoms with Crippen molar-refractivity contribution in [1.82, 2.24) is 5.43 Å². The van der Waals surface area contributed by atoms with Crippen LogP contribution in [0.3, 0.4) is 0 Å². The highest BCUT2D eigenvalue weighted by Crippen LogP contribution is 2.25. The van der Waals surface area contributed by atoms with Gasteiger partial charge in [0, 0.05) is 18.2 Å². The number of benzene rings is 2. The molecular formula is C16H14Br2IN3O. The maximum Gasteiger partial charge on any atom is 0.259 e. The molecule has 0 unspecified atom stereocenters. The summed E-state index contributed by atoms with van der Waals surface area (Å²) in [5.41, 5.74) is 5.41. The van der Waals surface area contributed by atoms with Crippen molar-refractivity contribution in [1.29, 1.82) is 0 Å². The Morgan fingerprint density at radius 3 is 2.43 bits per heavy atom. The van der Waals surface area contributed by atoms with E-state index in [1.807, 2.05) is 43.3 Å². The van der Waals surface area contributed by atoms with Crippen molar-refractivity contribution in [2.24, 2.45) is 5.10 Å². The third-order valence-corrected chi connectivity index (χ3v) is 5.37. The molecule has 0 aliphatic rings. The van der Waals surface area contributed by atoms with Gasteiger partial charge in [-0.2, -0.15) is 5.10 Å². The van der Waals surface area contributed by atoms with E-state index in [2.05, 4.69) is 70.3 Å². The van der Waals surface area contributed by atoms with E-state index >= 15 is 0 Å². The number of carbonyl (C=O) groups excluding carboxylic acids is 1. The number of carbonyl (C=O) groups is 1. The van der Waals surface area contributed by atoms with Crippen LogP contribution >= 0.6 is 54.5 Å². The zero-order chi connectivity index (χ0) is 16.8. The molecule has 2 aromatic carbocycles. The van der Waals surface area contributed by atoms with Crippen molar-refractivity contribution in [2.45, 2.75) is 6.92 Å². The molecule has 0 bridgehead atoms. The number of amides is 1. The summed E-state index contributed by atoms with van der Waals surface area (Å²) in [6.45, 7) is 2.17. The van der Waals surface area contributed by atoms with Gasteiger partial charge in [-0.3, -0.25) is 4.79 Å². The molecule has 0 radical (unpaired) electrons. The third kappa shape index (κ3) is 5.89. The first-order chi connectivity index (χ1) is 11.0. The van der Waals surface area contributed by atoms with Gasteiger partial charge in [0.2, 0.25) is 0 Å². The second kappa shape index (κ2) is 8.79. The van der Waals surface area contributed by atoms with Crippen molar-refractivity contribution in [3.63, 3.8) is 0 Å². The number of rotatable bonds is 5. The average Bonchev–Trinajstić information content (AvgIpc) is 2.52. The average molecular weight is 551 g/mol. The van der Waals surface area contributed by atoms with Crippen molar-refractivity contribution in [3.05, 3.63) is 60.0 Å². The summed E-state index contributed by atoms with van der Waals surface area (Å²) in [4.78, 5) is 11.8. The van der Waals surface area contributed by atoms with Crippen LogP contribution in [0.25, 0.3) is 0 Å². The Balaban J connectivity index is 1.85. The molecule has 120 valence electrons. The maximum atomic E-state index is 11.8. The van der Waals surface area contributed by atoms with Crippen molar-refractivity contribution < 1.29 is 4.79 Å². The lowest BCUT2D eigenvalue weighted by Crippen LogP contribution is -2.25. The van der Waals surface area contributed by atoms with Crippen LogP contribution < -0.4 is 10.7 Å². The van der Waals surface area contributed by atoms with Gasteiger partial charge in [0.25, 0.3) is 5.91 Å². The first-order valence-electron chi connectivity index (χ1n) is 6.72. The summed E-state index contributed by atoms with van der Waals surface area (Å²) >= 11 is 9.20. The van der Waals surface area contributed by atoms with E-state index in [0.29, 0.717) is 0 Å². The standard InChI is InChI=1S/C16H14Br2IN3O/c1-10-14(17)6-11(7-15(10)18)8-21-22-16(23)9-20-13-4-2-12(19)3-5-13/h2-8,20H,9H2,1H3,(H,22,23)/b21-8-. The molecule has 0 fully saturated rings. The molecule has 1 amide bonds. The van der Waals surface area contributed by atoms with Gasteiger partial charge in [-0.15, -0.1) is 0 Å². The van der Waals surface area contributed by atoms with E-state index in [9.17, 15) is 4.79 Å². The minimum atomic E-state index is -0.204. The fraction of sp³-hybridized carbons (Fsp3) is 0.125. The number of nitrogens with one attached hydrogen (secondary N) is 2. The predicted octanol–water partition coefficient (Wildman–Crippen LogP) is 4.69. The first kappa shape index (κ1) is 18.4. The topological polar surface area (TPSA) is 53.5 Å². The second-order valence-electron chi connectivity index (χ2n) is 4.76. The van der Waals surface area contributed by atoms with Gasteiger partial charge in [-0.25, -0.2) is 5.43 Å². The predicted molar refractivity (Wildman–Crippen MR) is 110 cm³/mol. The minimum Gasteiger partial charge on any atom is -0.376 e. The monoisotopic (exact) mass is 549 g/mol. The number of hydrogen-bond donors (Lipinski definition) is 2. The highest BCUT2D eigenvalue weighted by atomic mass is 127. The Morgan fingerprint density at radius 2 is 1.83 bits per heavy atom. The van der Waals surface area contributed by atoms with Crippen LogP contribution in [0.5, 0.6) is 0 Å². The molecule has 0 saturated carbocycles. The smallest absolute Gasteiger partial charge is 0.259 e. The third-order valence-electron chi connectivity index (χ3n) is 3.00. The normalized spacial score (nSPS) is 10.8. The molecule has 0 saturated heterocycles. The molecule has 0 heterocycles. The Kier molecular flexibility index (Phi) is 7.04. The Morgan fingerprint density at radius 1 is 1.22 bits per heavy atom. The fourth-order valence-electron chi connectivity index (χ4n) is 1.71. The Hall–Kier alpha value is -0.930. The summed E-state index contributed by atoms with van der Waals surface area (Å²) in [5, 5.41) is 7.01. The molecule has 4 nitrogen and oxygen atoms in total. The van der Waals surface area contributed by atoms with Gasteiger partial charge < -0.3 is 5.32 Å². The lowest BCUT2D eigenvalue weighted by Gasteiger charge is -2.05. The molecule has 0 aromatic heterocycles. The van der Waals surface area contributed by atoms with Crippen molar-refractivity contribution >= 4 is 72.3 Å². The van der Waals surface area contributed by atoms with E-state index < -0.39 is 0 Å². The second-order valence-corrected chi connectivity index (χ2v) is 7.72. The lowest BCUT2D eigenvalue weighted by atomic mass is 10.2. The Bertz CT molecular complexity index is 710. The van der Waals surface area contributed by atoms with Crippen LogP contribution in [0.4, 0.5) is 5.69 Å². The van der Waals surface area contributed by atoms with Gasteiger partial charge in [-0.05, 0) is 77.0 Å². The zero-order valence-corrected chi connectivity index (χ0v) is 17.6. The molecule has 2 aromatic rings. The van der Waals surface area contributed by atoms with Crippen LogP contribution in [0.15, 0.2) is 50.4 Å². The van der Waals surface area contributed by atoms with Gasteiger partial charge in [0.15, 0.2) is 0 Å². The van der Waals surface area contributed by atoms with Crippen molar-refractivity contribution in [2.75, 3.05) is 11.9 Å². The summed E-state index contributed by atoms with van der Waals surface area (Å²) in [6, 6.07) is 11.7. The molecule has 0 atom stereocenters. The largest absolute Gasteiger partial charge is 0.376 e. The summed E-state index contributed by atoms with van der Waals surface area (Å²) < 4.78 is 3.12. The highest BCUT2D eigenvalue weighted by molar-refractivity contribution is 14.1. The highest BCUT2D eigenvalue weighted by Gasteiger charge is 2.02. The number of hydrazone groups is 1. The van der Waals surface area contributed by atoms with Gasteiger partial charge in [-0.1, -0.05) is 31.9 Å². The fourth-order valence-corrected chi connectivity index (χ4v) is 3.29. The maximum absolute atomic E-state index is 11.8. The molecular weight excluding hydrogens is 537 g/mol. The number of nitrogens with zero attached hydrogens (tertiary/aromatic N) is 1. The summed E-state index contributed by atoms with van der Waals surface area (Å²) in [7, 11) is 0. The molecule has 0 aliphatic carbocycles. The van der Waals surface area contributed by atoms with Crippen LogP contribution in [0.2, 0.25) is 0 Å². The van der Waals surface area contributed by atoms with Gasteiger partial charge in [0.1, 0.15) is 0 Å². The van der Waals surface area contributed by atoms with E-state index in [0.717, 1.165) is 29.3 Å². The first-order valence-corrected chi connectivity index (χ1v) is 9.39. The molecule has 2 rings (SSSR count).